The normalized spacial score (nSPS) is 24.1. The average molecular weight is 355 g/mol. The molecule has 3 fully saturated rings. The van der Waals surface area contributed by atoms with E-state index in [1.54, 1.807) is 0 Å². The SMILES string of the molecule is CC(F)(F)c1ccc(F)c(CN(C(=O)CNC(N)=O)C23CC(C2)C3)c1. The van der Waals surface area contributed by atoms with Crippen LogP contribution in [0.5, 0.6) is 0 Å². The van der Waals surface area contributed by atoms with E-state index in [-0.39, 0.29) is 29.8 Å². The van der Waals surface area contributed by atoms with Gasteiger partial charge in [0, 0.05) is 30.1 Å². The number of primary amides is 1. The van der Waals surface area contributed by atoms with Crippen LogP contribution in [0.4, 0.5) is 18.0 Å². The quantitative estimate of drug-likeness (QED) is 0.823. The van der Waals surface area contributed by atoms with Crippen molar-refractivity contribution in [1.82, 2.24) is 10.2 Å². The molecule has 3 N–H and O–H groups in total. The minimum atomic E-state index is -3.10. The first-order valence-electron chi connectivity index (χ1n) is 8.11. The van der Waals surface area contributed by atoms with Crippen LogP contribution in [0.15, 0.2) is 18.2 Å². The number of hydrogen-bond donors (Lipinski definition) is 2. The summed E-state index contributed by atoms with van der Waals surface area (Å²) >= 11 is 0. The van der Waals surface area contributed by atoms with E-state index < -0.39 is 23.7 Å². The molecular weight excluding hydrogens is 335 g/mol. The molecule has 0 heterocycles. The second-order valence-electron chi connectivity index (χ2n) is 7.09. The molecule has 0 unspecified atom stereocenters. The van der Waals surface area contributed by atoms with Crippen molar-refractivity contribution >= 4 is 11.9 Å². The van der Waals surface area contributed by atoms with Crippen molar-refractivity contribution in [2.45, 2.75) is 44.2 Å². The van der Waals surface area contributed by atoms with Gasteiger partial charge in [0.25, 0.3) is 5.92 Å². The van der Waals surface area contributed by atoms with Gasteiger partial charge in [0.2, 0.25) is 5.91 Å². The Morgan fingerprint density at radius 1 is 1.36 bits per heavy atom. The zero-order valence-corrected chi connectivity index (χ0v) is 13.8. The van der Waals surface area contributed by atoms with Gasteiger partial charge in [-0.3, -0.25) is 4.79 Å². The Hall–Kier alpha value is -2.25. The number of amides is 3. The first-order valence-corrected chi connectivity index (χ1v) is 8.11. The number of nitrogens with one attached hydrogen (secondary N) is 1. The van der Waals surface area contributed by atoms with Gasteiger partial charge >= 0.3 is 6.03 Å². The minimum absolute atomic E-state index is 0.0381. The molecule has 4 rings (SSSR count). The lowest BCUT2D eigenvalue weighted by Crippen LogP contribution is -2.70. The molecule has 2 bridgehead atoms. The van der Waals surface area contributed by atoms with E-state index in [1.807, 2.05) is 0 Å². The molecule has 3 saturated carbocycles. The van der Waals surface area contributed by atoms with Crippen LogP contribution >= 0.6 is 0 Å². The largest absolute Gasteiger partial charge is 0.352 e. The van der Waals surface area contributed by atoms with E-state index in [2.05, 4.69) is 5.32 Å². The second-order valence-corrected chi connectivity index (χ2v) is 7.09. The molecule has 3 aliphatic carbocycles. The summed E-state index contributed by atoms with van der Waals surface area (Å²) in [4.78, 5) is 24.8. The summed E-state index contributed by atoms with van der Waals surface area (Å²) < 4.78 is 41.2. The molecule has 25 heavy (non-hydrogen) atoms. The van der Waals surface area contributed by atoms with Crippen LogP contribution in [-0.4, -0.2) is 28.9 Å². The minimum Gasteiger partial charge on any atom is -0.352 e. The van der Waals surface area contributed by atoms with E-state index in [9.17, 15) is 22.8 Å². The first kappa shape index (κ1) is 17.6. The molecule has 0 aromatic heterocycles. The fourth-order valence-corrected chi connectivity index (χ4v) is 3.68. The molecule has 1 aromatic rings. The van der Waals surface area contributed by atoms with Crippen LogP contribution in [0.2, 0.25) is 0 Å². The standard InChI is InChI=1S/C17H20F3N3O2/c1-16(19,20)12-2-3-13(18)11(4-12)9-23(14(24)8-22-15(21)25)17-5-10(6-17)7-17/h2-4,10H,5-9H2,1H3,(H3,21,22,25). The van der Waals surface area contributed by atoms with Crippen molar-refractivity contribution in [3.05, 3.63) is 35.1 Å². The third kappa shape index (κ3) is 3.29. The van der Waals surface area contributed by atoms with Crippen molar-refractivity contribution in [3.63, 3.8) is 0 Å². The Bertz CT molecular complexity index is 701. The lowest BCUT2D eigenvalue weighted by atomic mass is 9.49. The Morgan fingerprint density at radius 2 is 2.00 bits per heavy atom. The van der Waals surface area contributed by atoms with E-state index >= 15 is 0 Å². The molecule has 0 atom stereocenters. The third-order valence-electron chi connectivity index (χ3n) is 5.17. The van der Waals surface area contributed by atoms with Crippen molar-refractivity contribution in [2.24, 2.45) is 11.7 Å². The Morgan fingerprint density at radius 3 is 2.48 bits per heavy atom. The number of nitrogens with zero attached hydrogens (tertiary/aromatic N) is 1. The number of hydrogen-bond acceptors (Lipinski definition) is 2. The Balaban J connectivity index is 1.83. The van der Waals surface area contributed by atoms with Crippen LogP contribution in [0.3, 0.4) is 0 Å². The summed E-state index contributed by atoms with van der Waals surface area (Å²) in [5, 5.41) is 2.23. The monoisotopic (exact) mass is 355 g/mol. The molecule has 3 aliphatic rings. The van der Waals surface area contributed by atoms with Gasteiger partial charge in [-0.1, -0.05) is 6.07 Å². The molecular formula is C17H20F3N3O2. The van der Waals surface area contributed by atoms with Crippen molar-refractivity contribution < 1.29 is 22.8 Å². The second kappa shape index (κ2) is 5.93. The van der Waals surface area contributed by atoms with Crippen LogP contribution in [0.1, 0.15) is 37.3 Å². The van der Waals surface area contributed by atoms with Crippen molar-refractivity contribution in [3.8, 4) is 0 Å². The molecule has 1 aromatic carbocycles. The molecule has 0 spiro atoms. The third-order valence-corrected chi connectivity index (χ3v) is 5.17. The maximum absolute atomic E-state index is 14.1. The smallest absolute Gasteiger partial charge is 0.312 e. The maximum Gasteiger partial charge on any atom is 0.312 e. The van der Waals surface area contributed by atoms with Crippen LogP contribution in [-0.2, 0) is 17.3 Å². The highest BCUT2D eigenvalue weighted by Crippen LogP contribution is 2.60. The van der Waals surface area contributed by atoms with Gasteiger partial charge in [-0.2, -0.15) is 0 Å². The zero-order valence-electron chi connectivity index (χ0n) is 13.8. The van der Waals surface area contributed by atoms with E-state index in [0.29, 0.717) is 5.92 Å². The summed E-state index contributed by atoms with van der Waals surface area (Å²) in [6, 6.07) is 2.31. The van der Waals surface area contributed by atoms with E-state index in [1.165, 1.54) is 4.90 Å². The number of carbonyl (C=O) groups excluding carboxylic acids is 2. The highest BCUT2D eigenvalue weighted by Gasteiger charge is 2.61. The molecule has 136 valence electrons. The van der Waals surface area contributed by atoms with Gasteiger partial charge < -0.3 is 16.0 Å². The molecule has 8 heteroatoms. The first-order chi connectivity index (χ1) is 11.6. The fourth-order valence-electron chi connectivity index (χ4n) is 3.68. The van der Waals surface area contributed by atoms with Gasteiger partial charge in [-0.05, 0) is 37.3 Å². The van der Waals surface area contributed by atoms with Crippen molar-refractivity contribution in [2.75, 3.05) is 6.54 Å². The highest BCUT2D eigenvalue weighted by atomic mass is 19.3. The summed E-state index contributed by atoms with van der Waals surface area (Å²) in [5.41, 5.74) is 4.37. The number of nitrogens with two attached hydrogens (primary N) is 1. The number of benzene rings is 1. The Labute approximate surface area is 143 Å². The molecule has 5 nitrogen and oxygen atoms in total. The van der Waals surface area contributed by atoms with Gasteiger partial charge in [-0.25, -0.2) is 18.0 Å². The summed E-state index contributed by atoms with van der Waals surface area (Å²) in [6.07, 6.45) is 2.46. The van der Waals surface area contributed by atoms with Crippen LogP contribution in [0, 0.1) is 11.7 Å². The van der Waals surface area contributed by atoms with Crippen molar-refractivity contribution in [1.29, 1.82) is 0 Å². The topological polar surface area (TPSA) is 75.4 Å². The number of halogens is 3. The van der Waals surface area contributed by atoms with Gasteiger partial charge in [-0.15, -0.1) is 0 Å². The fraction of sp³-hybridized carbons (Fsp3) is 0.529. The molecule has 0 radical (unpaired) electrons. The number of alkyl halides is 2. The molecule has 0 aliphatic heterocycles. The van der Waals surface area contributed by atoms with Crippen LogP contribution in [0.25, 0.3) is 0 Å². The van der Waals surface area contributed by atoms with E-state index in [4.69, 9.17) is 5.73 Å². The number of carbonyl (C=O) groups is 2. The lowest BCUT2D eigenvalue weighted by molar-refractivity contribution is -0.173. The van der Waals surface area contributed by atoms with Gasteiger partial charge in [0.05, 0.1) is 6.54 Å². The summed E-state index contributed by atoms with van der Waals surface area (Å²) in [6.45, 7) is 0.333. The summed E-state index contributed by atoms with van der Waals surface area (Å²) in [7, 11) is 0. The van der Waals surface area contributed by atoms with Gasteiger partial charge in [0.1, 0.15) is 5.82 Å². The molecule has 3 amide bonds. The maximum atomic E-state index is 14.1. The predicted octanol–water partition coefficient (Wildman–Crippen LogP) is 2.49. The number of rotatable bonds is 6. The van der Waals surface area contributed by atoms with Crippen LogP contribution < -0.4 is 11.1 Å². The number of urea groups is 1. The average Bonchev–Trinajstić information content (AvgIpc) is 2.41. The zero-order chi connectivity index (χ0) is 18.4. The molecule has 0 saturated heterocycles. The predicted molar refractivity (Wildman–Crippen MR) is 84.2 cm³/mol. The van der Waals surface area contributed by atoms with E-state index in [0.717, 1.165) is 44.4 Å². The van der Waals surface area contributed by atoms with Gasteiger partial charge in [0.15, 0.2) is 0 Å². The highest BCUT2D eigenvalue weighted by molar-refractivity contribution is 5.84. The lowest BCUT2D eigenvalue weighted by Gasteiger charge is -2.66. The Kier molecular flexibility index (Phi) is 4.17. The summed E-state index contributed by atoms with van der Waals surface area (Å²) in [5.74, 6) is -3.57.